The molecule has 72 valence electrons. The Morgan fingerprint density at radius 2 is 2.46 bits per heavy atom. The first-order valence-electron chi connectivity index (χ1n) is 5.03. The second-order valence-electron chi connectivity index (χ2n) is 3.87. The molecule has 1 aliphatic carbocycles. The van der Waals surface area contributed by atoms with E-state index in [0.29, 0.717) is 0 Å². The van der Waals surface area contributed by atoms with Crippen molar-refractivity contribution in [2.24, 2.45) is 5.92 Å². The van der Waals surface area contributed by atoms with Crippen LogP contribution in [0, 0.1) is 5.92 Å². The Kier molecular flexibility index (Phi) is 2.36. The van der Waals surface area contributed by atoms with E-state index in [2.05, 4.69) is 28.7 Å². The molecule has 0 radical (unpaired) electrons. The molecule has 0 spiro atoms. The van der Waals surface area contributed by atoms with E-state index in [-0.39, 0.29) is 0 Å². The number of hydrogen-bond donors (Lipinski definition) is 1. The molecular formula is C10H17N3. The summed E-state index contributed by atoms with van der Waals surface area (Å²) in [7, 11) is 0. The summed E-state index contributed by atoms with van der Waals surface area (Å²) >= 11 is 0. The largest absolute Gasteiger partial charge is 0.334 e. The van der Waals surface area contributed by atoms with E-state index in [1.54, 1.807) is 0 Å². The molecule has 1 heterocycles. The van der Waals surface area contributed by atoms with Crippen LogP contribution in [0.25, 0.3) is 0 Å². The molecule has 2 atom stereocenters. The second-order valence-corrected chi connectivity index (χ2v) is 3.87. The van der Waals surface area contributed by atoms with Crippen LogP contribution in [0.15, 0.2) is 12.5 Å². The number of nitrogens with one attached hydrogen (secondary N) is 1. The summed E-state index contributed by atoms with van der Waals surface area (Å²) in [6.45, 7) is 6.40. The van der Waals surface area contributed by atoms with Crippen LogP contribution in [-0.2, 0) is 13.1 Å². The van der Waals surface area contributed by atoms with Crippen molar-refractivity contribution in [3.63, 3.8) is 0 Å². The molecule has 3 nitrogen and oxygen atoms in total. The fourth-order valence-corrected chi connectivity index (χ4v) is 1.62. The third-order valence-electron chi connectivity index (χ3n) is 2.79. The maximum Gasteiger partial charge on any atom is 0.0948 e. The van der Waals surface area contributed by atoms with Crippen LogP contribution < -0.4 is 5.32 Å². The van der Waals surface area contributed by atoms with Gasteiger partial charge in [0.1, 0.15) is 0 Å². The lowest BCUT2D eigenvalue weighted by atomic mass is 10.4. The monoisotopic (exact) mass is 179 g/mol. The highest BCUT2D eigenvalue weighted by molar-refractivity contribution is 5.00. The van der Waals surface area contributed by atoms with Crippen molar-refractivity contribution in [1.82, 2.24) is 14.9 Å². The van der Waals surface area contributed by atoms with Gasteiger partial charge < -0.3 is 9.88 Å². The van der Waals surface area contributed by atoms with Crippen molar-refractivity contribution in [1.29, 1.82) is 0 Å². The first kappa shape index (κ1) is 8.75. The molecule has 2 unspecified atom stereocenters. The van der Waals surface area contributed by atoms with Crippen molar-refractivity contribution >= 4 is 0 Å². The van der Waals surface area contributed by atoms with Crippen LogP contribution in [0.5, 0.6) is 0 Å². The van der Waals surface area contributed by atoms with Gasteiger partial charge in [-0.3, -0.25) is 0 Å². The highest BCUT2D eigenvalue weighted by atomic mass is 15.1. The third-order valence-corrected chi connectivity index (χ3v) is 2.79. The Hall–Kier alpha value is -0.830. The predicted molar refractivity (Wildman–Crippen MR) is 52.3 cm³/mol. The van der Waals surface area contributed by atoms with E-state index in [1.165, 1.54) is 12.1 Å². The molecule has 0 amide bonds. The fourth-order valence-electron chi connectivity index (χ4n) is 1.62. The van der Waals surface area contributed by atoms with Gasteiger partial charge in [0.25, 0.3) is 0 Å². The Morgan fingerprint density at radius 1 is 1.69 bits per heavy atom. The molecule has 1 saturated carbocycles. The van der Waals surface area contributed by atoms with Crippen molar-refractivity contribution in [3.05, 3.63) is 18.2 Å². The maximum atomic E-state index is 4.13. The topological polar surface area (TPSA) is 29.9 Å². The summed E-state index contributed by atoms with van der Waals surface area (Å²) in [6, 6.07) is 0.750. The van der Waals surface area contributed by atoms with Gasteiger partial charge in [0, 0.05) is 25.3 Å². The van der Waals surface area contributed by atoms with Crippen LogP contribution in [0.1, 0.15) is 26.0 Å². The summed E-state index contributed by atoms with van der Waals surface area (Å²) in [5, 5.41) is 3.52. The Bertz CT molecular complexity index is 279. The highest BCUT2D eigenvalue weighted by Gasteiger charge is 2.31. The molecule has 0 saturated heterocycles. The maximum absolute atomic E-state index is 4.13. The average molecular weight is 179 g/mol. The zero-order valence-corrected chi connectivity index (χ0v) is 8.33. The van der Waals surface area contributed by atoms with Gasteiger partial charge >= 0.3 is 0 Å². The molecule has 13 heavy (non-hydrogen) atoms. The van der Waals surface area contributed by atoms with E-state index in [4.69, 9.17) is 0 Å². The van der Waals surface area contributed by atoms with E-state index < -0.39 is 0 Å². The van der Waals surface area contributed by atoms with Gasteiger partial charge in [0.2, 0.25) is 0 Å². The van der Waals surface area contributed by atoms with Crippen molar-refractivity contribution in [2.45, 2.75) is 39.4 Å². The van der Waals surface area contributed by atoms with E-state index in [1.807, 2.05) is 12.5 Å². The van der Waals surface area contributed by atoms with Crippen molar-refractivity contribution in [2.75, 3.05) is 0 Å². The summed E-state index contributed by atoms with van der Waals surface area (Å²) < 4.78 is 2.18. The molecule has 1 fully saturated rings. The average Bonchev–Trinajstić information content (AvgIpc) is 2.68. The minimum absolute atomic E-state index is 0.750. The molecule has 0 aromatic carbocycles. The van der Waals surface area contributed by atoms with E-state index >= 15 is 0 Å². The molecular weight excluding hydrogens is 162 g/mol. The minimum Gasteiger partial charge on any atom is -0.334 e. The number of hydrogen-bond acceptors (Lipinski definition) is 2. The van der Waals surface area contributed by atoms with Crippen LogP contribution in [-0.4, -0.2) is 15.6 Å². The van der Waals surface area contributed by atoms with Crippen LogP contribution in [0.3, 0.4) is 0 Å². The summed E-state index contributed by atoms with van der Waals surface area (Å²) in [6.07, 6.45) is 5.18. The Labute approximate surface area is 79.2 Å². The normalized spacial score (nSPS) is 26.3. The Balaban J connectivity index is 1.86. The number of imidazole rings is 1. The summed E-state index contributed by atoms with van der Waals surface area (Å²) in [5.74, 6) is 0.873. The summed E-state index contributed by atoms with van der Waals surface area (Å²) in [5.41, 5.74) is 1.29. The number of aryl methyl sites for hydroxylation is 1. The minimum atomic E-state index is 0.750. The molecule has 1 aromatic heterocycles. The van der Waals surface area contributed by atoms with E-state index in [9.17, 15) is 0 Å². The number of aromatic nitrogens is 2. The standard InChI is InChI=1S/C10H17N3/c1-3-13-7-11-5-9(13)6-12-10-4-8(10)2/h5,7-8,10,12H,3-4,6H2,1-2H3. The zero-order chi connectivity index (χ0) is 9.26. The van der Waals surface area contributed by atoms with Gasteiger partial charge in [0.05, 0.1) is 12.0 Å². The van der Waals surface area contributed by atoms with Crippen LogP contribution >= 0.6 is 0 Å². The number of rotatable bonds is 4. The van der Waals surface area contributed by atoms with Crippen LogP contribution in [0.4, 0.5) is 0 Å². The molecule has 1 aliphatic rings. The highest BCUT2D eigenvalue weighted by Crippen LogP contribution is 2.29. The molecule has 0 bridgehead atoms. The van der Waals surface area contributed by atoms with Gasteiger partial charge in [-0.15, -0.1) is 0 Å². The van der Waals surface area contributed by atoms with Crippen molar-refractivity contribution in [3.8, 4) is 0 Å². The first-order chi connectivity index (χ1) is 6.31. The lowest BCUT2D eigenvalue weighted by molar-refractivity contribution is 0.607. The van der Waals surface area contributed by atoms with Crippen LogP contribution in [0.2, 0.25) is 0 Å². The molecule has 0 aliphatic heterocycles. The van der Waals surface area contributed by atoms with Gasteiger partial charge in [-0.2, -0.15) is 0 Å². The van der Waals surface area contributed by atoms with Crippen molar-refractivity contribution < 1.29 is 0 Å². The summed E-state index contributed by atoms with van der Waals surface area (Å²) in [4.78, 5) is 4.13. The smallest absolute Gasteiger partial charge is 0.0948 e. The van der Waals surface area contributed by atoms with Gasteiger partial charge in [-0.05, 0) is 19.3 Å². The van der Waals surface area contributed by atoms with Gasteiger partial charge in [-0.1, -0.05) is 6.92 Å². The number of nitrogens with zero attached hydrogens (tertiary/aromatic N) is 2. The third kappa shape index (κ3) is 1.91. The molecule has 1 N–H and O–H groups in total. The predicted octanol–water partition coefficient (Wildman–Crippen LogP) is 1.40. The lowest BCUT2D eigenvalue weighted by Crippen LogP contribution is -2.19. The lowest BCUT2D eigenvalue weighted by Gasteiger charge is -2.05. The zero-order valence-electron chi connectivity index (χ0n) is 8.33. The first-order valence-corrected chi connectivity index (χ1v) is 5.03. The molecule has 1 aromatic rings. The Morgan fingerprint density at radius 3 is 3.08 bits per heavy atom. The van der Waals surface area contributed by atoms with Gasteiger partial charge in [-0.25, -0.2) is 4.98 Å². The van der Waals surface area contributed by atoms with Gasteiger partial charge in [0.15, 0.2) is 0 Å². The second kappa shape index (κ2) is 3.50. The molecule has 3 heteroatoms. The van der Waals surface area contributed by atoms with E-state index in [0.717, 1.165) is 25.0 Å². The SMILES string of the molecule is CCn1cncc1CNC1CC1C. The molecule has 2 rings (SSSR count). The quantitative estimate of drug-likeness (QED) is 0.757. The fraction of sp³-hybridized carbons (Fsp3) is 0.700.